The second kappa shape index (κ2) is 12.2. The van der Waals surface area contributed by atoms with E-state index in [0.29, 0.717) is 35.4 Å². The van der Waals surface area contributed by atoms with Crippen LogP contribution in [-0.4, -0.2) is 62.0 Å². The van der Waals surface area contributed by atoms with Crippen LogP contribution in [0.25, 0.3) is 0 Å². The first-order valence-corrected chi connectivity index (χ1v) is 10.6. The average molecular weight is 448 g/mol. The van der Waals surface area contributed by atoms with Crippen molar-refractivity contribution in [1.82, 2.24) is 9.80 Å². The Bertz CT molecular complexity index is 872. The van der Waals surface area contributed by atoms with Gasteiger partial charge in [0.15, 0.2) is 5.75 Å². The monoisotopic (exact) mass is 447 g/mol. The van der Waals surface area contributed by atoms with Gasteiger partial charge in [-0.25, -0.2) is 0 Å². The molecule has 0 aliphatic heterocycles. The van der Waals surface area contributed by atoms with Gasteiger partial charge in [-0.2, -0.15) is 0 Å². The number of halogens is 1. The predicted octanol–water partition coefficient (Wildman–Crippen LogP) is 4.27. The molecule has 168 valence electrons. The molecule has 0 radical (unpaired) electrons. The minimum Gasteiger partial charge on any atom is -0.494 e. The van der Waals surface area contributed by atoms with Gasteiger partial charge in [0.1, 0.15) is 11.5 Å². The summed E-state index contributed by atoms with van der Waals surface area (Å²) in [5.41, 5.74) is 0.460. The molecule has 0 saturated heterocycles. The van der Waals surface area contributed by atoms with Crippen molar-refractivity contribution in [2.45, 2.75) is 20.3 Å². The number of nitrogens with zero attached hydrogens (tertiary/aromatic N) is 2. The molecular weight excluding hydrogens is 418 g/mol. The second-order valence-electron chi connectivity index (χ2n) is 7.19. The zero-order chi connectivity index (χ0) is 22.8. The Morgan fingerprint density at radius 2 is 1.68 bits per heavy atom. The largest absolute Gasteiger partial charge is 0.494 e. The smallest absolute Gasteiger partial charge is 0.238 e. The number of hydrogen-bond donors (Lipinski definition) is 1. The molecule has 0 bridgehead atoms. The molecule has 0 atom stereocenters. The van der Waals surface area contributed by atoms with Crippen LogP contribution in [0.4, 0.5) is 5.69 Å². The fraction of sp³-hybridized carbons (Fsp3) is 0.391. The molecule has 0 aromatic heterocycles. The molecular formula is C23H30ClN3O4. The summed E-state index contributed by atoms with van der Waals surface area (Å²) in [5, 5.41) is 3.33. The van der Waals surface area contributed by atoms with Gasteiger partial charge < -0.3 is 19.7 Å². The van der Waals surface area contributed by atoms with E-state index in [2.05, 4.69) is 5.32 Å². The summed E-state index contributed by atoms with van der Waals surface area (Å²) in [6, 6.07) is 12.3. The van der Waals surface area contributed by atoms with Crippen molar-refractivity contribution in [3.8, 4) is 17.2 Å². The second-order valence-corrected chi connectivity index (χ2v) is 7.63. The number of hydrogen-bond acceptors (Lipinski definition) is 5. The van der Waals surface area contributed by atoms with E-state index in [1.54, 1.807) is 44.4 Å². The topological polar surface area (TPSA) is 71.1 Å². The quantitative estimate of drug-likeness (QED) is 0.557. The van der Waals surface area contributed by atoms with Gasteiger partial charge in [-0.3, -0.25) is 14.5 Å². The van der Waals surface area contributed by atoms with E-state index < -0.39 is 0 Å². The van der Waals surface area contributed by atoms with Crippen LogP contribution < -0.4 is 14.8 Å². The lowest BCUT2D eigenvalue weighted by Crippen LogP contribution is -2.41. The van der Waals surface area contributed by atoms with Crippen LogP contribution in [0.15, 0.2) is 42.5 Å². The van der Waals surface area contributed by atoms with E-state index in [-0.39, 0.29) is 24.9 Å². The molecule has 2 rings (SSSR count). The Labute approximate surface area is 188 Å². The van der Waals surface area contributed by atoms with Crippen LogP contribution in [0.2, 0.25) is 5.02 Å². The summed E-state index contributed by atoms with van der Waals surface area (Å²) in [6.45, 7) is 5.42. The SMILES string of the molecule is CCCN(CC(=O)Nc1cc(Cl)ccc1Oc1ccc(OCC)cc1)CC(=O)N(C)C. The summed E-state index contributed by atoms with van der Waals surface area (Å²) >= 11 is 6.13. The zero-order valence-electron chi connectivity index (χ0n) is 18.5. The Morgan fingerprint density at radius 3 is 2.29 bits per heavy atom. The lowest BCUT2D eigenvalue weighted by molar-refractivity contribution is -0.130. The number of benzene rings is 2. The molecule has 0 unspecified atom stereocenters. The van der Waals surface area contributed by atoms with Crippen LogP contribution in [0.1, 0.15) is 20.3 Å². The summed E-state index contributed by atoms with van der Waals surface area (Å²) in [7, 11) is 3.39. The van der Waals surface area contributed by atoms with Crippen molar-refractivity contribution in [1.29, 1.82) is 0 Å². The van der Waals surface area contributed by atoms with Crippen molar-refractivity contribution in [2.75, 3.05) is 45.7 Å². The number of carbonyl (C=O) groups excluding carboxylic acids is 2. The first kappa shape index (κ1) is 24.5. The highest BCUT2D eigenvalue weighted by Crippen LogP contribution is 2.32. The van der Waals surface area contributed by atoms with Crippen LogP contribution in [-0.2, 0) is 9.59 Å². The molecule has 31 heavy (non-hydrogen) atoms. The summed E-state index contributed by atoms with van der Waals surface area (Å²) in [6.07, 6.45) is 0.831. The fourth-order valence-electron chi connectivity index (χ4n) is 2.84. The molecule has 0 aliphatic carbocycles. The van der Waals surface area contributed by atoms with Crippen molar-refractivity contribution < 1.29 is 19.1 Å². The van der Waals surface area contributed by atoms with E-state index in [0.717, 1.165) is 12.2 Å². The third-order valence-corrected chi connectivity index (χ3v) is 4.58. The van der Waals surface area contributed by atoms with Gasteiger partial charge in [0.25, 0.3) is 0 Å². The fourth-order valence-corrected chi connectivity index (χ4v) is 3.01. The number of rotatable bonds is 11. The molecule has 2 amide bonds. The number of carbonyl (C=O) groups is 2. The molecule has 0 aliphatic rings. The van der Waals surface area contributed by atoms with E-state index in [1.807, 2.05) is 30.9 Å². The summed E-state index contributed by atoms with van der Waals surface area (Å²) < 4.78 is 11.4. The third kappa shape index (κ3) is 8.11. The molecule has 8 heteroatoms. The van der Waals surface area contributed by atoms with E-state index in [9.17, 15) is 9.59 Å². The summed E-state index contributed by atoms with van der Waals surface area (Å²) in [5.74, 6) is 1.52. The standard InChI is InChI=1S/C23H30ClN3O4/c1-5-13-27(16-23(29)26(3)4)15-22(28)25-20-14-17(24)7-12-21(20)31-19-10-8-18(9-11-19)30-6-2/h7-12,14H,5-6,13,15-16H2,1-4H3,(H,25,28). The van der Waals surface area contributed by atoms with Gasteiger partial charge in [-0.05, 0) is 62.4 Å². The predicted molar refractivity (Wildman–Crippen MR) is 123 cm³/mol. The Balaban J connectivity index is 2.10. The average Bonchev–Trinajstić information content (AvgIpc) is 2.71. The van der Waals surface area contributed by atoms with Crippen molar-refractivity contribution in [3.05, 3.63) is 47.5 Å². The number of anilines is 1. The maximum atomic E-state index is 12.7. The third-order valence-electron chi connectivity index (χ3n) is 4.34. The van der Waals surface area contributed by atoms with Crippen LogP contribution in [0, 0.1) is 0 Å². The molecule has 0 fully saturated rings. The van der Waals surface area contributed by atoms with Crippen molar-refractivity contribution in [3.63, 3.8) is 0 Å². The molecule has 2 aromatic carbocycles. The lowest BCUT2D eigenvalue weighted by atomic mass is 10.2. The van der Waals surface area contributed by atoms with Gasteiger partial charge in [-0.15, -0.1) is 0 Å². The normalized spacial score (nSPS) is 10.6. The van der Waals surface area contributed by atoms with Crippen LogP contribution in [0.5, 0.6) is 17.2 Å². The number of amides is 2. The first-order chi connectivity index (χ1) is 14.8. The number of ether oxygens (including phenoxy) is 2. The van der Waals surface area contributed by atoms with Gasteiger partial charge in [-0.1, -0.05) is 18.5 Å². The Morgan fingerprint density at radius 1 is 1.00 bits per heavy atom. The van der Waals surface area contributed by atoms with Crippen molar-refractivity contribution in [2.24, 2.45) is 0 Å². The van der Waals surface area contributed by atoms with E-state index in [4.69, 9.17) is 21.1 Å². The Kier molecular flexibility index (Phi) is 9.62. The van der Waals surface area contributed by atoms with Gasteiger partial charge in [0, 0.05) is 19.1 Å². The highest BCUT2D eigenvalue weighted by atomic mass is 35.5. The summed E-state index contributed by atoms with van der Waals surface area (Å²) in [4.78, 5) is 28.1. The lowest BCUT2D eigenvalue weighted by Gasteiger charge is -2.22. The molecule has 0 spiro atoms. The van der Waals surface area contributed by atoms with Gasteiger partial charge >= 0.3 is 0 Å². The minimum atomic E-state index is -0.251. The first-order valence-electron chi connectivity index (χ1n) is 10.2. The molecule has 7 nitrogen and oxygen atoms in total. The zero-order valence-corrected chi connectivity index (χ0v) is 19.2. The van der Waals surface area contributed by atoms with Crippen LogP contribution >= 0.6 is 11.6 Å². The molecule has 2 aromatic rings. The van der Waals surface area contributed by atoms with E-state index in [1.165, 1.54) is 4.90 Å². The van der Waals surface area contributed by atoms with Crippen LogP contribution in [0.3, 0.4) is 0 Å². The highest BCUT2D eigenvalue weighted by molar-refractivity contribution is 6.31. The maximum Gasteiger partial charge on any atom is 0.238 e. The minimum absolute atomic E-state index is 0.0523. The molecule has 0 saturated carbocycles. The van der Waals surface area contributed by atoms with Crippen molar-refractivity contribution >= 4 is 29.1 Å². The number of nitrogens with one attached hydrogen (secondary N) is 1. The maximum absolute atomic E-state index is 12.7. The number of likely N-dealkylation sites (N-methyl/N-ethyl adjacent to an activating group) is 1. The molecule has 0 heterocycles. The Hall–Kier alpha value is -2.77. The molecule has 1 N–H and O–H groups in total. The van der Waals surface area contributed by atoms with E-state index >= 15 is 0 Å². The van der Waals surface area contributed by atoms with Gasteiger partial charge in [0.05, 0.1) is 25.4 Å². The van der Waals surface area contributed by atoms with Gasteiger partial charge in [0.2, 0.25) is 11.8 Å². The highest BCUT2D eigenvalue weighted by Gasteiger charge is 2.17.